The van der Waals surface area contributed by atoms with Gasteiger partial charge < -0.3 is 24.3 Å². The molecule has 0 radical (unpaired) electrons. The van der Waals surface area contributed by atoms with Crippen molar-refractivity contribution in [2.75, 3.05) is 12.1 Å². The third kappa shape index (κ3) is 5.35. The normalized spacial score (nSPS) is 12.2. The van der Waals surface area contributed by atoms with Crippen molar-refractivity contribution >= 4 is 45.1 Å². The van der Waals surface area contributed by atoms with E-state index < -0.39 is 23.9 Å². The number of hydrogen-bond donors (Lipinski definition) is 1. The van der Waals surface area contributed by atoms with E-state index in [9.17, 15) is 14.4 Å². The molecule has 0 bridgehead atoms. The summed E-state index contributed by atoms with van der Waals surface area (Å²) < 4.78 is 21.7. The number of carbonyl (C=O) groups excluding carboxylic acids is 3. The largest absolute Gasteiger partial charge is 0.459 e. The number of nitrogens with one attached hydrogen (secondary N) is 1. The van der Waals surface area contributed by atoms with Gasteiger partial charge in [0.05, 0.1) is 34.5 Å². The van der Waals surface area contributed by atoms with Crippen LogP contribution in [0.2, 0.25) is 0 Å². The van der Waals surface area contributed by atoms with Crippen LogP contribution in [0.5, 0.6) is 11.5 Å². The second-order valence-electron chi connectivity index (χ2n) is 9.76. The zero-order valence-electron chi connectivity index (χ0n) is 22.7. The monoisotopic (exact) mass is 560 g/mol. The topological polar surface area (TPSA) is 113 Å². The maximum Gasteiger partial charge on any atom is 0.348 e. The summed E-state index contributed by atoms with van der Waals surface area (Å²) >= 11 is 0.981. The summed E-state index contributed by atoms with van der Waals surface area (Å²) in [4.78, 5) is 44.7. The average molecular weight is 561 g/mol. The molecule has 0 atom stereocenters. The Labute approximate surface area is 235 Å². The predicted octanol–water partition coefficient (Wildman–Crippen LogP) is 6.38. The number of aromatic nitrogens is 1. The molecule has 0 saturated carbocycles. The molecule has 2 aromatic carbocycles. The standard InChI is InChI=1S/C30H28N2O7S/c1-15(2)38-29(34)25-17(5)26(30(35)39-16(3)4)40-28(25)32-27(33)20-13-22(31-21-9-7-6-8-19(20)21)18-10-11-23-24(12-18)37-14-36-23/h6-13,15-16H,14H2,1-5H3,(H,32,33). The minimum absolute atomic E-state index is 0.122. The Hall–Kier alpha value is -4.44. The summed E-state index contributed by atoms with van der Waals surface area (Å²) in [5, 5.41) is 3.69. The molecule has 10 heteroatoms. The fraction of sp³-hybridized carbons (Fsp3) is 0.267. The molecule has 4 aromatic rings. The summed E-state index contributed by atoms with van der Waals surface area (Å²) in [6, 6.07) is 14.4. The van der Waals surface area contributed by atoms with Gasteiger partial charge in [-0.15, -0.1) is 11.3 Å². The minimum atomic E-state index is -0.636. The summed E-state index contributed by atoms with van der Waals surface area (Å²) in [7, 11) is 0. The second kappa shape index (κ2) is 11.0. The number of amides is 1. The zero-order chi connectivity index (χ0) is 28.6. The molecular weight excluding hydrogens is 532 g/mol. The van der Waals surface area contributed by atoms with Gasteiger partial charge in [-0.25, -0.2) is 14.6 Å². The molecule has 0 spiro atoms. The van der Waals surface area contributed by atoms with E-state index in [4.69, 9.17) is 23.9 Å². The Kier molecular flexibility index (Phi) is 7.44. The Morgan fingerprint density at radius 1 is 0.925 bits per heavy atom. The number of fused-ring (bicyclic) bond motifs is 2. The van der Waals surface area contributed by atoms with Crippen LogP contribution in [0.25, 0.3) is 22.2 Å². The van der Waals surface area contributed by atoms with Gasteiger partial charge in [-0.3, -0.25) is 4.79 Å². The van der Waals surface area contributed by atoms with Crippen LogP contribution in [0.1, 0.15) is 63.6 Å². The van der Waals surface area contributed by atoms with Gasteiger partial charge in [0, 0.05) is 10.9 Å². The number of benzene rings is 2. The van der Waals surface area contributed by atoms with E-state index >= 15 is 0 Å². The number of pyridine rings is 1. The van der Waals surface area contributed by atoms with E-state index in [-0.39, 0.29) is 28.3 Å². The SMILES string of the molecule is Cc1c(C(=O)OC(C)C)sc(NC(=O)c2cc(-c3ccc4c(c3)OCO4)nc3ccccc23)c1C(=O)OC(C)C. The fourth-order valence-electron chi connectivity index (χ4n) is 4.32. The van der Waals surface area contributed by atoms with Crippen molar-refractivity contribution in [3.05, 3.63) is 70.1 Å². The van der Waals surface area contributed by atoms with Crippen molar-refractivity contribution in [2.45, 2.75) is 46.8 Å². The number of hydrogen-bond acceptors (Lipinski definition) is 9. The molecule has 2 aromatic heterocycles. The number of esters is 2. The van der Waals surface area contributed by atoms with Crippen LogP contribution in [-0.2, 0) is 9.47 Å². The lowest BCUT2D eigenvalue weighted by molar-refractivity contribution is 0.0378. The van der Waals surface area contributed by atoms with Crippen molar-refractivity contribution < 1.29 is 33.3 Å². The summed E-state index contributed by atoms with van der Waals surface area (Å²) in [5.74, 6) is -0.437. The maximum absolute atomic E-state index is 13.8. The van der Waals surface area contributed by atoms with Gasteiger partial charge in [0.15, 0.2) is 11.5 Å². The lowest BCUT2D eigenvalue weighted by atomic mass is 10.0. The Bertz CT molecular complexity index is 1640. The van der Waals surface area contributed by atoms with E-state index in [1.165, 1.54) is 0 Å². The number of ether oxygens (including phenoxy) is 4. The highest BCUT2D eigenvalue weighted by molar-refractivity contribution is 7.18. The van der Waals surface area contributed by atoms with Crippen molar-refractivity contribution in [3.63, 3.8) is 0 Å². The van der Waals surface area contributed by atoms with Crippen molar-refractivity contribution in [2.24, 2.45) is 0 Å². The van der Waals surface area contributed by atoms with Crippen LogP contribution < -0.4 is 14.8 Å². The molecule has 40 heavy (non-hydrogen) atoms. The first-order valence-corrected chi connectivity index (χ1v) is 13.6. The Balaban J connectivity index is 1.57. The molecule has 0 saturated heterocycles. The molecule has 0 unspecified atom stereocenters. The van der Waals surface area contributed by atoms with Crippen molar-refractivity contribution in [1.82, 2.24) is 4.98 Å². The maximum atomic E-state index is 13.8. The quantitative estimate of drug-likeness (QED) is 0.259. The molecule has 9 nitrogen and oxygen atoms in total. The van der Waals surface area contributed by atoms with Crippen molar-refractivity contribution in [1.29, 1.82) is 0 Å². The van der Waals surface area contributed by atoms with E-state index in [1.54, 1.807) is 52.8 Å². The Morgan fingerprint density at radius 2 is 1.62 bits per heavy atom. The fourth-order valence-corrected chi connectivity index (χ4v) is 5.39. The number of anilines is 1. The number of carbonyl (C=O) groups is 3. The third-order valence-electron chi connectivity index (χ3n) is 6.08. The summed E-state index contributed by atoms with van der Waals surface area (Å²) in [5.41, 5.74) is 2.78. The van der Waals surface area contributed by atoms with Crippen molar-refractivity contribution in [3.8, 4) is 22.8 Å². The van der Waals surface area contributed by atoms with Crippen LogP contribution >= 0.6 is 11.3 Å². The lowest BCUT2D eigenvalue weighted by Gasteiger charge is -2.12. The lowest BCUT2D eigenvalue weighted by Crippen LogP contribution is -2.17. The first-order valence-electron chi connectivity index (χ1n) is 12.8. The van der Waals surface area contributed by atoms with Crippen LogP contribution in [0.3, 0.4) is 0 Å². The summed E-state index contributed by atoms with van der Waals surface area (Å²) in [6.45, 7) is 8.72. The first-order chi connectivity index (χ1) is 19.1. The average Bonchev–Trinajstić information content (AvgIpc) is 3.50. The van der Waals surface area contributed by atoms with E-state index in [0.717, 1.165) is 16.9 Å². The molecule has 0 aliphatic carbocycles. The molecule has 206 valence electrons. The molecule has 1 N–H and O–H groups in total. The number of rotatable bonds is 7. The first kappa shape index (κ1) is 27.1. The number of nitrogens with zero attached hydrogens (tertiary/aromatic N) is 1. The number of thiophene rings is 1. The van der Waals surface area contributed by atoms with Crippen LogP contribution in [0, 0.1) is 6.92 Å². The van der Waals surface area contributed by atoms with E-state index in [0.29, 0.717) is 39.2 Å². The van der Waals surface area contributed by atoms with Gasteiger partial charge in [0.25, 0.3) is 5.91 Å². The Morgan fingerprint density at radius 3 is 2.38 bits per heavy atom. The van der Waals surface area contributed by atoms with Gasteiger partial charge >= 0.3 is 11.9 Å². The van der Waals surface area contributed by atoms with Gasteiger partial charge in [-0.1, -0.05) is 18.2 Å². The highest BCUT2D eigenvalue weighted by Crippen LogP contribution is 2.38. The second-order valence-corrected chi connectivity index (χ2v) is 10.8. The van der Waals surface area contributed by atoms with Crippen LogP contribution in [0.4, 0.5) is 5.00 Å². The number of para-hydroxylation sites is 1. The van der Waals surface area contributed by atoms with Gasteiger partial charge in [0.2, 0.25) is 6.79 Å². The summed E-state index contributed by atoms with van der Waals surface area (Å²) in [6.07, 6.45) is -0.745. The van der Waals surface area contributed by atoms with E-state index in [2.05, 4.69) is 5.32 Å². The molecule has 0 fully saturated rings. The third-order valence-corrected chi connectivity index (χ3v) is 7.27. The molecule has 5 rings (SSSR count). The minimum Gasteiger partial charge on any atom is -0.459 e. The molecular formula is C30H28N2O7S. The smallest absolute Gasteiger partial charge is 0.348 e. The van der Waals surface area contributed by atoms with Gasteiger partial charge in [-0.05, 0) is 70.5 Å². The molecule has 1 amide bonds. The van der Waals surface area contributed by atoms with Crippen LogP contribution in [-0.4, -0.2) is 41.8 Å². The molecule has 3 heterocycles. The molecule has 1 aliphatic rings. The van der Waals surface area contributed by atoms with E-state index in [1.807, 2.05) is 30.3 Å². The zero-order valence-corrected chi connectivity index (χ0v) is 23.5. The van der Waals surface area contributed by atoms with Gasteiger partial charge in [0.1, 0.15) is 9.88 Å². The van der Waals surface area contributed by atoms with Crippen LogP contribution in [0.15, 0.2) is 48.5 Å². The highest BCUT2D eigenvalue weighted by Gasteiger charge is 2.29. The molecule has 1 aliphatic heterocycles. The predicted molar refractivity (Wildman–Crippen MR) is 151 cm³/mol. The highest BCUT2D eigenvalue weighted by atomic mass is 32.1. The van der Waals surface area contributed by atoms with Gasteiger partial charge in [-0.2, -0.15) is 0 Å².